The van der Waals surface area contributed by atoms with Gasteiger partial charge in [-0.1, -0.05) is 30.8 Å². The number of aryl methyl sites for hydroxylation is 1. The minimum atomic E-state index is 0.559. The van der Waals surface area contributed by atoms with Gasteiger partial charge < -0.3 is 13.8 Å². The van der Waals surface area contributed by atoms with Crippen molar-refractivity contribution in [3.05, 3.63) is 35.9 Å². The maximum atomic E-state index is 5.57. The number of aromatic nitrogens is 5. The van der Waals surface area contributed by atoms with Crippen molar-refractivity contribution >= 4 is 17.7 Å². The molecule has 1 aliphatic heterocycles. The van der Waals surface area contributed by atoms with E-state index in [0.717, 1.165) is 30.0 Å². The molecule has 0 spiro atoms. The van der Waals surface area contributed by atoms with Gasteiger partial charge in [-0.2, -0.15) is 4.98 Å². The molecule has 3 aromatic heterocycles. The van der Waals surface area contributed by atoms with Gasteiger partial charge in [0.2, 0.25) is 11.8 Å². The summed E-state index contributed by atoms with van der Waals surface area (Å²) in [4.78, 5) is 6.61. The van der Waals surface area contributed by atoms with E-state index in [2.05, 4.69) is 43.7 Å². The Morgan fingerprint density at radius 1 is 1.22 bits per heavy atom. The van der Waals surface area contributed by atoms with Crippen LogP contribution in [0.15, 0.2) is 32.5 Å². The molecule has 3 aromatic rings. The summed E-state index contributed by atoms with van der Waals surface area (Å²) < 4.78 is 12.9. The number of furan rings is 1. The molecular weight excluding hydrogens is 364 g/mol. The first-order valence-electron chi connectivity index (χ1n) is 9.21. The van der Waals surface area contributed by atoms with E-state index < -0.39 is 0 Å². The predicted octanol–water partition coefficient (Wildman–Crippen LogP) is 3.39. The van der Waals surface area contributed by atoms with Crippen molar-refractivity contribution < 1.29 is 8.94 Å². The molecule has 0 saturated carbocycles. The van der Waals surface area contributed by atoms with Crippen molar-refractivity contribution in [2.75, 3.05) is 18.0 Å². The van der Waals surface area contributed by atoms with Gasteiger partial charge in [-0.15, -0.1) is 10.2 Å². The van der Waals surface area contributed by atoms with Crippen LogP contribution in [0.25, 0.3) is 0 Å². The van der Waals surface area contributed by atoms with Gasteiger partial charge in [-0.05, 0) is 37.3 Å². The van der Waals surface area contributed by atoms with Crippen molar-refractivity contribution in [3.8, 4) is 0 Å². The molecule has 1 fully saturated rings. The lowest BCUT2D eigenvalue weighted by Crippen LogP contribution is -2.40. The third-order valence-electron chi connectivity index (χ3n) is 4.64. The second-order valence-electron chi connectivity index (χ2n) is 7.32. The van der Waals surface area contributed by atoms with E-state index in [4.69, 9.17) is 8.94 Å². The molecule has 27 heavy (non-hydrogen) atoms. The standard InChI is InChI=1S/C18H24N6O2S/c1-12-7-13(2)9-23(8-12)17-20-21-18(24(17)10-15-5-4-6-25-15)27-11-16-19-14(3)22-26-16/h4-6,12-13H,7-11H2,1-3H3. The van der Waals surface area contributed by atoms with Gasteiger partial charge in [-0.3, -0.25) is 4.57 Å². The Morgan fingerprint density at radius 2 is 2.04 bits per heavy atom. The molecule has 2 unspecified atom stereocenters. The topological polar surface area (TPSA) is 86.0 Å². The zero-order valence-electron chi connectivity index (χ0n) is 15.8. The summed E-state index contributed by atoms with van der Waals surface area (Å²) in [5, 5.41) is 13.6. The number of rotatable bonds is 6. The first-order chi connectivity index (χ1) is 13.1. The smallest absolute Gasteiger partial charge is 0.237 e. The number of hydrogen-bond acceptors (Lipinski definition) is 8. The molecular formula is C18H24N6O2S. The molecule has 1 aliphatic rings. The van der Waals surface area contributed by atoms with Gasteiger partial charge in [0.1, 0.15) is 5.76 Å². The molecule has 0 amide bonds. The second-order valence-corrected chi connectivity index (χ2v) is 8.27. The quantitative estimate of drug-likeness (QED) is 0.594. The van der Waals surface area contributed by atoms with Crippen molar-refractivity contribution in [1.82, 2.24) is 24.9 Å². The molecule has 4 rings (SSSR count). The first kappa shape index (κ1) is 18.1. The van der Waals surface area contributed by atoms with Crippen LogP contribution in [-0.2, 0) is 12.3 Å². The molecule has 4 heterocycles. The third-order valence-corrected chi connectivity index (χ3v) is 5.59. The number of hydrogen-bond donors (Lipinski definition) is 0. The molecule has 8 nitrogen and oxygen atoms in total. The van der Waals surface area contributed by atoms with Gasteiger partial charge >= 0.3 is 0 Å². The Bertz CT molecular complexity index is 864. The Hall–Kier alpha value is -2.29. The fraction of sp³-hybridized carbons (Fsp3) is 0.556. The number of thioether (sulfide) groups is 1. The molecule has 1 saturated heterocycles. The highest BCUT2D eigenvalue weighted by Gasteiger charge is 2.27. The Kier molecular flexibility index (Phi) is 5.20. The van der Waals surface area contributed by atoms with Crippen molar-refractivity contribution in [3.63, 3.8) is 0 Å². The fourth-order valence-corrected chi connectivity index (χ4v) is 4.44. The summed E-state index contributed by atoms with van der Waals surface area (Å²) in [6.45, 7) is 8.99. The highest BCUT2D eigenvalue weighted by molar-refractivity contribution is 7.98. The summed E-state index contributed by atoms with van der Waals surface area (Å²) in [6, 6.07) is 3.87. The van der Waals surface area contributed by atoms with E-state index in [-0.39, 0.29) is 0 Å². The number of anilines is 1. The van der Waals surface area contributed by atoms with E-state index in [1.165, 1.54) is 6.42 Å². The maximum absolute atomic E-state index is 5.57. The van der Waals surface area contributed by atoms with Gasteiger partial charge in [-0.25, -0.2) is 0 Å². The van der Waals surface area contributed by atoms with Gasteiger partial charge in [0.05, 0.1) is 18.6 Å². The van der Waals surface area contributed by atoms with E-state index in [1.807, 2.05) is 19.1 Å². The Labute approximate surface area is 162 Å². The van der Waals surface area contributed by atoms with Crippen LogP contribution in [0.1, 0.15) is 37.7 Å². The van der Waals surface area contributed by atoms with Crippen LogP contribution in [0.3, 0.4) is 0 Å². The van der Waals surface area contributed by atoms with E-state index >= 15 is 0 Å². The lowest BCUT2D eigenvalue weighted by atomic mass is 9.92. The lowest BCUT2D eigenvalue weighted by molar-refractivity contribution is 0.350. The predicted molar refractivity (Wildman–Crippen MR) is 102 cm³/mol. The zero-order valence-corrected chi connectivity index (χ0v) is 16.6. The molecule has 0 bridgehead atoms. The van der Waals surface area contributed by atoms with Crippen molar-refractivity contribution in [2.45, 2.75) is 44.6 Å². The van der Waals surface area contributed by atoms with Gasteiger partial charge in [0.15, 0.2) is 11.0 Å². The van der Waals surface area contributed by atoms with Crippen molar-refractivity contribution in [1.29, 1.82) is 0 Å². The summed E-state index contributed by atoms with van der Waals surface area (Å²) in [5.41, 5.74) is 0. The summed E-state index contributed by atoms with van der Waals surface area (Å²) in [5.74, 6) is 4.84. The van der Waals surface area contributed by atoms with Gasteiger partial charge in [0, 0.05) is 13.1 Å². The van der Waals surface area contributed by atoms with Gasteiger partial charge in [0.25, 0.3) is 0 Å². The van der Waals surface area contributed by atoms with E-state index in [0.29, 0.717) is 35.8 Å². The van der Waals surface area contributed by atoms with Crippen molar-refractivity contribution in [2.24, 2.45) is 11.8 Å². The van der Waals surface area contributed by atoms with E-state index in [1.54, 1.807) is 18.0 Å². The highest BCUT2D eigenvalue weighted by atomic mass is 32.2. The average Bonchev–Trinajstić information content (AvgIpc) is 3.34. The Balaban J connectivity index is 1.59. The zero-order chi connectivity index (χ0) is 18.8. The monoisotopic (exact) mass is 388 g/mol. The average molecular weight is 388 g/mol. The minimum absolute atomic E-state index is 0.559. The van der Waals surface area contributed by atoms with Crippen LogP contribution in [-0.4, -0.2) is 38.0 Å². The lowest BCUT2D eigenvalue weighted by Gasteiger charge is -2.35. The van der Waals surface area contributed by atoms with Crippen LogP contribution in [0.4, 0.5) is 5.95 Å². The van der Waals surface area contributed by atoms with Crippen LogP contribution >= 0.6 is 11.8 Å². The maximum Gasteiger partial charge on any atom is 0.237 e. The number of piperidine rings is 1. The molecule has 2 atom stereocenters. The molecule has 144 valence electrons. The minimum Gasteiger partial charge on any atom is -0.467 e. The molecule has 0 N–H and O–H groups in total. The second kappa shape index (κ2) is 7.75. The SMILES string of the molecule is Cc1noc(CSc2nnc(N3CC(C)CC(C)C3)n2Cc2ccco2)n1. The van der Waals surface area contributed by atoms with Crippen LogP contribution in [0.5, 0.6) is 0 Å². The van der Waals surface area contributed by atoms with E-state index in [9.17, 15) is 0 Å². The summed E-state index contributed by atoms with van der Waals surface area (Å²) >= 11 is 1.55. The first-order valence-corrected chi connectivity index (χ1v) is 10.2. The normalized spacial score (nSPS) is 20.3. The number of nitrogens with zero attached hydrogens (tertiary/aromatic N) is 6. The van der Waals surface area contributed by atoms with Crippen LogP contribution in [0, 0.1) is 18.8 Å². The highest BCUT2D eigenvalue weighted by Crippen LogP contribution is 2.30. The largest absolute Gasteiger partial charge is 0.467 e. The van der Waals surface area contributed by atoms with Crippen LogP contribution < -0.4 is 4.90 Å². The van der Waals surface area contributed by atoms with Crippen LogP contribution in [0.2, 0.25) is 0 Å². The fourth-order valence-electron chi connectivity index (χ4n) is 3.67. The molecule has 0 radical (unpaired) electrons. The Morgan fingerprint density at radius 3 is 2.70 bits per heavy atom. The molecule has 0 aromatic carbocycles. The summed E-state index contributed by atoms with van der Waals surface area (Å²) in [6.07, 6.45) is 2.94. The molecule has 0 aliphatic carbocycles. The molecule has 9 heteroatoms. The third kappa shape index (κ3) is 4.18. The summed E-state index contributed by atoms with van der Waals surface area (Å²) in [7, 11) is 0.